The SMILES string of the molecule is COC(=O)C1=C(C)NC2=C(C(=O)CCC2)C1c1ccc(OCc2ccc([N+](=O)[O-])cc2)c(OC)c1. The Morgan fingerprint density at radius 1 is 1.11 bits per heavy atom. The number of rotatable bonds is 7. The van der Waals surface area contributed by atoms with Gasteiger partial charge < -0.3 is 19.5 Å². The lowest BCUT2D eigenvalue weighted by Gasteiger charge is -2.34. The molecule has 0 bridgehead atoms. The highest BCUT2D eigenvalue weighted by molar-refractivity contribution is 6.03. The fraction of sp³-hybridized carbons (Fsp3) is 0.308. The van der Waals surface area contributed by atoms with Crippen molar-refractivity contribution in [3.05, 3.63) is 86.2 Å². The molecule has 1 unspecified atom stereocenters. The number of non-ortho nitro benzene ring substituents is 1. The van der Waals surface area contributed by atoms with Crippen molar-refractivity contribution < 1.29 is 28.7 Å². The summed E-state index contributed by atoms with van der Waals surface area (Å²) in [6.07, 6.45) is 1.92. The number of dihydropyridines is 1. The van der Waals surface area contributed by atoms with Gasteiger partial charge in [-0.25, -0.2) is 4.79 Å². The summed E-state index contributed by atoms with van der Waals surface area (Å²) in [5.74, 6) is -0.162. The lowest BCUT2D eigenvalue weighted by Crippen LogP contribution is -2.34. The monoisotopic (exact) mass is 478 g/mol. The number of nitrogens with zero attached hydrogens (tertiary/aromatic N) is 1. The number of esters is 1. The van der Waals surface area contributed by atoms with Gasteiger partial charge in [-0.3, -0.25) is 14.9 Å². The van der Waals surface area contributed by atoms with Crippen LogP contribution in [0.25, 0.3) is 0 Å². The van der Waals surface area contributed by atoms with E-state index in [4.69, 9.17) is 14.2 Å². The molecule has 0 radical (unpaired) electrons. The molecule has 0 aromatic heterocycles. The van der Waals surface area contributed by atoms with Crippen molar-refractivity contribution in [2.75, 3.05) is 14.2 Å². The molecule has 1 N–H and O–H groups in total. The number of methoxy groups -OCH3 is 2. The number of allylic oxidation sites excluding steroid dienone is 3. The number of carbonyl (C=O) groups excluding carboxylic acids is 2. The summed E-state index contributed by atoms with van der Waals surface area (Å²) in [6, 6.07) is 11.4. The fourth-order valence-corrected chi connectivity index (χ4v) is 4.56. The van der Waals surface area contributed by atoms with Crippen LogP contribution in [0.15, 0.2) is 65.0 Å². The second-order valence-electron chi connectivity index (χ2n) is 8.38. The average Bonchev–Trinajstić information content (AvgIpc) is 2.86. The molecular weight excluding hydrogens is 452 g/mol. The Morgan fingerprint density at radius 3 is 2.51 bits per heavy atom. The molecule has 0 saturated carbocycles. The zero-order valence-corrected chi connectivity index (χ0v) is 19.8. The fourth-order valence-electron chi connectivity index (χ4n) is 4.56. The van der Waals surface area contributed by atoms with Crippen molar-refractivity contribution in [1.82, 2.24) is 5.32 Å². The van der Waals surface area contributed by atoms with E-state index in [0.717, 1.165) is 24.1 Å². The van der Waals surface area contributed by atoms with Crippen LogP contribution >= 0.6 is 0 Å². The van der Waals surface area contributed by atoms with Crippen molar-refractivity contribution in [2.24, 2.45) is 0 Å². The van der Waals surface area contributed by atoms with E-state index in [1.807, 2.05) is 6.07 Å². The maximum Gasteiger partial charge on any atom is 0.336 e. The number of carbonyl (C=O) groups is 2. The lowest BCUT2D eigenvalue weighted by atomic mass is 9.75. The molecule has 0 fully saturated rings. The zero-order valence-electron chi connectivity index (χ0n) is 19.8. The van der Waals surface area contributed by atoms with Gasteiger partial charge in [-0.05, 0) is 55.2 Å². The Morgan fingerprint density at radius 2 is 1.86 bits per heavy atom. The molecule has 0 spiro atoms. The van der Waals surface area contributed by atoms with Gasteiger partial charge in [0.15, 0.2) is 17.3 Å². The third kappa shape index (κ3) is 4.75. The third-order valence-corrected chi connectivity index (χ3v) is 6.24. The number of nitro groups is 1. The minimum atomic E-state index is -0.580. The maximum atomic E-state index is 13.0. The molecule has 2 aromatic rings. The zero-order chi connectivity index (χ0) is 25.1. The summed E-state index contributed by atoms with van der Waals surface area (Å²) in [5, 5.41) is 14.1. The first-order valence-electron chi connectivity index (χ1n) is 11.2. The first kappa shape index (κ1) is 24.0. The normalized spacial score (nSPS) is 17.5. The summed E-state index contributed by atoms with van der Waals surface area (Å²) in [7, 11) is 2.83. The highest BCUT2D eigenvalue weighted by atomic mass is 16.6. The minimum Gasteiger partial charge on any atom is -0.493 e. The molecule has 182 valence electrons. The maximum absolute atomic E-state index is 13.0. The number of Topliss-reactive ketones (excluding diaryl/α,β-unsaturated/α-hetero) is 1. The molecule has 1 atom stereocenters. The second kappa shape index (κ2) is 10.0. The van der Waals surface area contributed by atoms with Crippen LogP contribution in [0, 0.1) is 10.1 Å². The van der Waals surface area contributed by atoms with Crippen LogP contribution in [0.4, 0.5) is 5.69 Å². The Balaban J connectivity index is 1.67. The van der Waals surface area contributed by atoms with Crippen LogP contribution in [0.2, 0.25) is 0 Å². The smallest absolute Gasteiger partial charge is 0.336 e. The van der Waals surface area contributed by atoms with Crippen molar-refractivity contribution in [2.45, 2.75) is 38.7 Å². The summed E-state index contributed by atoms with van der Waals surface area (Å²) in [5.41, 5.74) is 3.96. The summed E-state index contributed by atoms with van der Waals surface area (Å²) in [4.78, 5) is 36.1. The quantitative estimate of drug-likeness (QED) is 0.355. The van der Waals surface area contributed by atoms with Crippen molar-refractivity contribution in [1.29, 1.82) is 0 Å². The van der Waals surface area contributed by atoms with Crippen LogP contribution < -0.4 is 14.8 Å². The lowest BCUT2D eigenvalue weighted by molar-refractivity contribution is -0.384. The average molecular weight is 479 g/mol. The number of ketones is 1. The molecule has 2 aromatic carbocycles. The van der Waals surface area contributed by atoms with Crippen molar-refractivity contribution in [3.63, 3.8) is 0 Å². The number of nitro benzene ring substituents is 1. The van der Waals surface area contributed by atoms with E-state index in [0.29, 0.717) is 40.3 Å². The van der Waals surface area contributed by atoms with Gasteiger partial charge in [-0.15, -0.1) is 0 Å². The summed E-state index contributed by atoms with van der Waals surface area (Å²) >= 11 is 0. The van der Waals surface area contributed by atoms with Gasteiger partial charge in [0.25, 0.3) is 5.69 Å². The molecular formula is C26H26N2O7. The van der Waals surface area contributed by atoms with Crippen LogP contribution in [0.3, 0.4) is 0 Å². The number of nitrogens with one attached hydrogen (secondary N) is 1. The first-order chi connectivity index (χ1) is 16.8. The van der Waals surface area contributed by atoms with Crippen molar-refractivity contribution >= 4 is 17.4 Å². The summed E-state index contributed by atoms with van der Waals surface area (Å²) < 4.78 is 16.5. The van der Waals surface area contributed by atoms with E-state index in [9.17, 15) is 19.7 Å². The molecule has 2 aliphatic rings. The van der Waals surface area contributed by atoms with Gasteiger partial charge >= 0.3 is 5.97 Å². The predicted molar refractivity (Wildman–Crippen MR) is 127 cm³/mol. The minimum absolute atomic E-state index is 0.00773. The second-order valence-corrected chi connectivity index (χ2v) is 8.38. The molecule has 4 rings (SSSR count). The van der Waals surface area contributed by atoms with Gasteiger partial charge in [0.05, 0.1) is 24.7 Å². The number of ether oxygens (including phenoxy) is 3. The number of benzene rings is 2. The molecule has 0 amide bonds. The van der Waals surface area contributed by atoms with Crippen LogP contribution in [-0.2, 0) is 20.9 Å². The van der Waals surface area contributed by atoms with Crippen LogP contribution in [0.5, 0.6) is 11.5 Å². The third-order valence-electron chi connectivity index (χ3n) is 6.24. The predicted octanol–water partition coefficient (Wildman–Crippen LogP) is 4.32. The van der Waals surface area contributed by atoms with E-state index in [1.54, 1.807) is 31.2 Å². The topological polar surface area (TPSA) is 117 Å². The van der Waals surface area contributed by atoms with Crippen molar-refractivity contribution in [3.8, 4) is 11.5 Å². The number of hydrogen-bond donors (Lipinski definition) is 1. The molecule has 35 heavy (non-hydrogen) atoms. The molecule has 1 aliphatic carbocycles. The standard InChI is InChI=1S/C26H26N2O7/c1-15-23(26(30)34-3)24(25-19(27-15)5-4-6-20(25)29)17-9-12-21(22(13-17)33-2)35-14-16-7-10-18(11-8-16)28(31)32/h7-13,24,27H,4-6,14H2,1-3H3. The molecule has 1 aliphatic heterocycles. The highest BCUT2D eigenvalue weighted by Gasteiger charge is 2.39. The largest absolute Gasteiger partial charge is 0.493 e. The molecule has 9 nitrogen and oxygen atoms in total. The van der Waals surface area contributed by atoms with E-state index in [1.165, 1.54) is 26.4 Å². The summed E-state index contributed by atoms with van der Waals surface area (Å²) in [6.45, 7) is 1.99. The highest BCUT2D eigenvalue weighted by Crippen LogP contribution is 2.44. The van der Waals surface area contributed by atoms with E-state index < -0.39 is 16.8 Å². The van der Waals surface area contributed by atoms with E-state index in [-0.39, 0.29) is 18.1 Å². The van der Waals surface area contributed by atoms with Gasteiger partial charge in [-0.1, -0.05) is 6.07 Å². The Hall–Kier alpha value is -4.14. The molecule has 1 heterocycles. The Bertz CT molecular complexity index is 1240. The van der Waals surface area contributed by atoms with Gasteiger partial charge in [0.1, 0.15) is 6.61 Å². The number of hydrogen-bond acceptors (Lipinski definition) is 8. The van der Waals surface area contributed by atoms with Gasteiger partial charge in [-0.2, -0.15) is 0 Å². The Labute approximate surface area is 202 Å². The first-order valence-corrected chi connectivity index (χ1v) is 11.2. The van der Waals surface area contributed by atoms with Crippen LogP contribution in [-0.4, -0.2) is 30.9 Å². The molecule has 0 saturated heterocycles. The molecule has 9 heteroatoms. The van der Waals surface area contributed by atoms with Gasteiger partial charge in [0.2, 0.25) is 0 Å². The Kier molecular flexibility index (Phi) is 6.86. The van der Waals surface area contributed by atoms with Gasteiger partial charge in [0, 0.05) is 41.4 Å². The van der Waals surface area contributed by atoms with Crippen LogP contribution in [0.1, 0.15) is 43.2 Å². The van der Waals surface area contributed by atoms with E-state index in [2.05, 4.69) is 5.32 Å². The van der Waals surface area contributed by atoms with E-state index >= 15 is 0 Å².